The van der Waals surface area contributed by atoms with Crippen LogP contribution in [0.3, 0.4) is 0 Å². The molecule has 2 aliphatic heterocycles. The van der Waals surface area contributed by atoms with E-state index in [1.54, 1.807) is 0 Å². The number of amides is 1. The van der Waals surface area contributed by atoms with Gasteiger partial charge in [0.2, 0.25) is 0 Å². The van der Waals surface area contributed by atoms with Crippen molar-refractivity contribution in [2.75, 3.05) is 31.1 Å². The molecule has 3 rings (SSSR count). The second-order valence-corrected chi connectivity index (χ2v) is 7.15. The molecule has 0 unspecified atom stereocenters. The van der Waals surface area contributed by atoms with Crippen LogP contribution in [0.1, 0.15) is 20.8 Å². The van der Waals surface area contributed by atoms with Crippen molar-refractivity contribution >= 4 is 11.8 Å². The van der Waals surface area contributed by atoms with Crippen molar-refractivity contribution in [3.8, 4) is 0 Å². The lowest BCUT2D eigenvalue weighted by Crippen LogP contribution is -2.37. The van der Waals surface area contributed by atoms with E-state index in [2.05, 4.69) is 29.2 Å². The van der Waals surface area contributed by atoms with Crippen LogP contribution in [0, 0.1) is 11.8 Å². The van der Waals surface area contributed by atoms with Gasteiger partial charge in [-0.2, -0.15) is 0 Å². The quantitative estimate of drug-likeness (QED) is 0.796. The van der Waals surface area contributed by atoms with Gasteiger partial charge in [0.25, 0.3) is 0 Å². The zero-order chi connectivity index (χ0) is 15.0. The number of nitrogens with zero attached hydrogens (tertiary/aromatic N) is 2. The van der Waals surface area contributed by atoms with E-state index in [9.17, 15) is 4.79 Å². The smallest absolute Gasteiger partial charge is 0.410 e. The summed E-state index contributed by atoms with van der Waals surface area (Å²) in [6.07, 6.45) is -0.164. The normalized spacial score (nSPS) is 25.1. The Labute approximate surface area is 126 Å². The molecule has 2 aliphatic rings. The Morgan fingerprint density at radius 1 is 1.05 bits per heavy atom. The number of ether oxygens (including phenoxy) is 1. The molecule has 0 aromatic heterocycles. The van der Waals surface area contributed by atoms with E-state index in [-0.39, 0.29) is 6.09 Å². The lowest BCUT2D eigenvalue weighted by Gasteiger charge is -2.26. The summed E-state index contributed by atoms with van der Waals surface area (Å²) >= 11 is 0. The Kier molecular flexibility index (Phi) is 3.56. The predicted octanol–water partition coefficient (Wildman–Crippen LogP) is 2.99. The molecule has 4 nitrogen and oxygen atoms in total. The molecule has 1 aromatic rings. The average molecular weight is 288 g/mol. The fraction of sp³-hybridized carbons (Fsp3) is 0.588. The molecule has 2 saturated heterocycles. The number of carbonyl (C=O) groups is 1. The number of fused-ring (bicyclic) bond motifs is 1. The first-order valence-corrected chi connectivity index (χ1v) is 7.70. The minimum absolute atomic E-state index is 0.164. The van der Waals surface area contributed by atoms with Crippen molar-refractivity contribution in [2.45, 2.75) is 26.4 Å². The fourth-order valence-electron chi connectivity index (χ4n) is 3.32. The Balaban J connectivity index is 1.58. The highest BCUT2D eigenvalue weighted by Crippen LogP contribution is 2.34. The van der Waals surface area contributed by atoms with Crippen LogP contribution >= 0.6 is 0 Å². The SMILES string of the molecule is CC(C)(C)OC(=O)N1C[C@H]2CN(c3ccccc3)C[C@@H]2C1. The largest absolute Gasteiger partial charge is 0.444 e. The van der Waals surface area contributed by atoms with Crippen LogP contribution in [-0.4, -0.2) is 42.8 Å². The highest BCUT2D eigenvalue weighted by Gasteiger charge is 2.42. The maximum absolute atomic E-state index is 12.1. The molecule has 1 aromatic carbocycles. The van der Waals surface area contributed by atoms with Gasteiger partial charge in [-0.1, -0.05) is 18.2 Å². The Hall–Kier alpha value is -1.71. The molecule has 0 bridgehead atoms. The molecular formula is C17H24N2O2. The van der Waals surface area contributed by atoms with Crippen molar-refractivity contribution in [1.82, 2.24) is 4.90 Å². The average Bonchev–Trinajstić information content (AvgIpc) is 2.95. The summed E-state index contributed by atoms with van der Waals surface area (Å²) in [5.41, 5.74) is 0.876. The standard InChI is InChI=1S/C17H24N2O2/c1-17(2,3)21-16(20)19-11-13-9-18(10-14(13)12-19)15-7-5-4-6-8-15/h4-8,13-14H,9-12H2,1-3H3/t13-,14-/m1/s1. The van der Waals surface area contributed by atoms with Gasteiger partial charge in [-0.05, 0) is 32.9 Å². The van der Waals surface area contributed by atoms with E-state index < -0.39 is 5.60 Å². The maximum Gasteiger partial charge on any atom is 0.410 e. The number of para-hydroxylation sites is 1. The number of carbonyl (C=O) groups excluding carboxylic acids is 1. The molecule has 2 atom stereocenters. The summed E-state index contributed by atoms with van der Waals surface area (Å²) in [6.45, 7) is 9.46. The molecule has 2 heterocycles. The van der Waals surface area contributed by atoms with E-state index >= 15 is 0 Å². The number of anilines is 1. The molecule has 1 amide bonds. The van der Waals surface area contributed by atoms with Crippen molar-refractivity contribution in [3.63, 3.8) is 0 Å². The Morgan fingerprint density at radius 3 is 2.14 bits per heavy atom. The zero-order valence-electron chi connectivity index (χ0n) is 13.1. The first-order chi connectivity index (χ1) is 9.92. The van der Waals surface area contributed by atoms with E-state index in [0.717, 1.165) is 26.2 Å². The minimum atomic E-state index is -0.412. The Bertz CT molecular complexity index is 495. The van der Waals surface area contributed by atoms with Crippen molar-refractivity contribution in [1.29, 1.82) is 0 Å². The molecule has 0 saturated carbocycles. The summed E-state index contributed by atoms with van der Waals surface area (Å²) in [7, 11) is 0. The van der Waals surface area contributed by atoms with Gasteiger partial charge in [-0.3, -0.25) is 0 Å². The third kappa shape index (κ3) is 3.14. The van der Waals surface area contributed by atoms with Gasteiger partial charge in [0.1, 0.15) is 5.60 Å². The van der Waals surface area contributed by atoms with Gasteiger partial charge in [-0.25, -0.2) is 4.79 Å². The van der Waals surface area contributed by atoms with Gasteiger partial charge in [0, 0.05) is 43.7 Å². The third-order valence-corrected chi connectivity index (χ3v) is 4.26. The number of benzene rings is 1. The van der Waals surface area contributed by atoms with Crippen molar-refractivity contribution < 1.29 is 9.53 Å². The molecule has 0 aliphatic carbocycles. The topological polar surface area (TPSA) is 32.8 Å². The van der Waals surface area contributed by atoms with Crippen molar-refractivity contribution in [2.24, 2.45) is 11.8 Å². The van der Waals surface area contributed by atoms with Crippen LogP contribution < -0.4 is 4.90 Å². The van der Waals surface area contributed by atoms with Gasteiger partial charge >= 0.3 is 6.09 Å². The van der Waals surface area contributed by atoms with Crippen LogP contribution in [-0.2, 0) is 4.74 Å². The van der Waals surface area contributed by atoms with E-state index in [0.29, 0.717) is 11.8 Å². The van der Waals surface area contributed by atoms with E-state index in [4.69, 9.17) is 4.74 Å². The summed E-state index contributed by atoms with van der Waals surface area (Å²) in [6, 6.07) is 10.5. The van der Waals surface area contributed by atoms with Gasteiger partial charge in [0.05, 0.1) is 0 Å². The second-order valence-electron chi connectivity index (χ2n) is 7.15. The first-order valence-electron chi connectivity index (χ1n) is 7.70. The van der Waals surface area contributed by atoms with Crippen LogP contribution in [0.4, 0.5) is 10.5 Å². The summed E-state index contributed by atoms with van der Waals surface area (Å²) < 4.78 is 5.47. The minimum Gasteiger partial charge on any atom is -0.444 e. The fourth-order valence-corrected chi connectivity index (χ4v) is 3.32. The van der Waals surface area contributed by atoms with Crippen molar-refractivity contribution in [3.05, 3.63) is 30.3 Å². The van der Waals surface area contributed by atoms with Crippen LogP contribution in [0.15, 0.2) is 30.3 Å². The van der Waals surface area contributed by atoms with Gasteiger partial charge in [-0.15, -0.1) is 0 Å². The van der Waals surface area contributed by atoms with E-state index in [1.165, 1.54) is 5.69 Å². The molecule has 0 N–H and O–H groups in total. The first kappa shape index (κ1) is 14.2. The lowest BCUT2D eigenvalue weighted by atomic mass is 10.0. The molecule has 114 valence electrons. The van der Waals surface area contributed by atoms with Gasteiger partial charge < -0.3 is 14.5 Å². The molecule has 0 radical (unpaired) electrons. The van der Waals surface area contributed by atoms with Crippen LogP contribution in [0.2, 0.25) is 0 Å². The maximum atomic E-state index is 12.1. The van der Waals surface area contributed by atoms with Crippen LogP contribution in [0.25, 0.3) is 0 Å². The third-order valence-electron chi connectivity index (χ3n) is 4.26. The highest BCUT2D eigenvalue weighted by molar-refractivity contribution is 5.68. The van der Waals surface area contributed by atoms with Crippen LogP contribution in [0.5, 0.6) is 0 Å². The second kappa shape index (κ2) is 5.24. The number of hydrogen-bond acceptors (Lipinski definition) is 3. The zero-order valence-corrected chi connectivity index (χ0v) is 13.1. The monoisotopic (exact) mass is 288 g/mol. The highest BCUT2D eigenvalue weighted by atomic mass is 16.6. The lowest BCUT2D eigenvalue weighted by molar-refractivity contribution is 0.0282. The summed E-state index contributed by atoms with van der Waals surface area (Å²) in [5, 5.41) is 0. The summed E-state index contributed by atoms with van der Waals surface area (Å²) in [5.74, 6) is 1.13. The number of likely N-dealkylation sites (tertiary alicyclic amines) is 1. The van der Waals surface area contributed by atoms with E-state index in [1.807, 2.05) is 31.7 Å². The predicted molar refractivity (Wildman–Crippen MR) is 83.4 cm³/mol. The molecular weight excluding hydrogens is 264 g/mol. The number of hydrogen-bond donors (Lipinski definition) is 0. The molecule has 4 heteroatoms. The number of rotatable bonds is 1. The Morgan fingerprint density at radius 2 is 1.62 bits per heavy atom. The molecule has 0 spiro atoms. The summed E-state index contributed by atoms with van der Waals surface area (Å²) in [4.78, 5) is 16.4. The van der Waals surface area contributed by atoms with Gasteiger partial charge in [0.15, 0.2) is 0 Å². The molecule has 21 heavy (non-hydrogen) atoms. The molecule has 2 fully saturated rings.